The number of rotatable bonds is 11. The Morgan fingerprint density at radius 1 is 1.07 bits per heavy atom. The molecule has 0 saturated heterocycles. The van der Waals surface area contributed by atoms with E-state index in [1.165, 1.54) is 20.6 Å². The van der Waals surface area contributed by atoms with Crippen molar-refractivity contribution in [3.05, 3.63) is 53.6 Å². The van der Waals surface area contributed by atoms with Crippen LogP contribution in [0.3, 0.4) is 0 Å². The first-order chi connectivity index (χ1) is 19.4. The molecule has 4 rings (SSSR count). The lowest BCUT2D eigenvalue weighted by Gasteiger charge is -2.33. The van der Waals surface area contributed by atoms with Crippen molar-refractivity contribution in [2.75, 3.05) is 14.2 Å². The third kappa shape index (κ3) is 7.13. The van der Waals surface area contributed by atoms with Gasteiger partial charge in [0, 0.05) is 12.1 Å². The van der Waals surface area contributed by atoms with E-state index in [4.69, 9.17) is 20.6 Å². The van der Waals surface area contributed by atoms with Gasteiger partial charge in [-0.2, -0.15) is 0 Å². The molecule has 1 aliphatic carbocycles. The monoisotopic (exact) mass is 548 g/mol. The van der Waals surface area contributed by atoms with Crippen LogP contribution in [0.25, 0.3) is 11.4 Å². The number of carbonyl (C=O) groups is 2. The molecule has 12 heteroatoms. The molecule has 1 atom stereocenters. The lowest BCUT2D eigenvalue weighted by Crippen LogP contribution is -2.55. The average molecular weight is 549 g/mol. The Bertz CT molecular complexity index is 1290. The van der Waals surface area contributed by atoms with Crippen LogP contribution in [0.2, 0.25) is 0 Å². The summed E-state index contributed by atoms with van der Waals surface area (Å²) in [6.45, 7) is 0.255. The number of aromatic nitrogens is 4. The second kappa shape index (κ2) is 13.5. The number of hydrogen-bond donors (Lipinski definition) is 4. The zero-order chi connectivity index (χ0) is 28.5. The van der Waals surface area contributed by atoms with Crippen molar-refractivity contribution < 1.29 is 19.1 Å². The fourth-order valence-corrected chi connectivity index (χ4v) is 5.16. The fraction of sp³-hybridized carbons (Fsp3) is 0.429. The molecule has 1 saturated carbocycles. The van der Waals surface area contributed by atoms with Crippen LogP contribution in [0.1, 0.15) is 49.7 Å². The van der Waals surface area contributed by atoms with Crippen molar-refractivity contribution in [3.8, 4) is 22.9 Å². The molecular weight excluding hydrogens is 512 g/mol. The predicted octanol–water partition coefficient (Wildman–Crippen LogP) is 2.80. The highest BCUT2D eigenvalue weighted by atomic mass is 16.5. The molecule has 1 aromatic heterocycles. The highest BCUT2D eigenvalue weighted by Crippen LogP contribution is 2.30. The summed E-state index contributed by atoms with van der Waals surface area (Å²) in [7, 11) is 3.06. The first-order valence-electron chi connectivity index (χ1n) is 13.4. The number of aromatic amines is 1. The number of nitrogens with zero attached hydrogens (tertiary/aromatic N) is 4. The van der Waals surface area contributed by atoms with Crippen LogP contribution in [-0.4, -0.2) is 63.6 Å². The number of hydrogen-bond acceptors (Lipinski definition) is 8. The van der Waals surface area contributed by atoms with Crippen molar-refractivity contribution in [1.29, 1.82) is 5.41 Å². The lowest BCUT2D eigenvalue weighted by molar-refractivity contribution is -0.136. The molecule has 0 radical (unpaired) electrons. The molecule has 2 amide bonds. The molecule has 1 heterocycles. The molecule has 1 aliphatic rings. The molecule has 0 unspecified atom stereocenters. The first-order valence-corrected chi connectivity index (χ1v) is 13.4. The van der Waals surface area contributed by atoms with Gasteiger partial charge in [-0.1, -0.05) is 62.4 Å². The van der Waals surface area contributed by atoms with Gasteiger partial charge in [-0.15, -0.1) is 5.10 Å². The number of nitrogens with two attached hydrogens (primary N) is 1. The molecule has 40 heavy (non-hydrogen) atoms. The van der Waals surface area contributed by atoms with Gasteiger partial charge >= 0.3 is 0 Å². The number of nitrogens with one attached hydrogen (secondary N) is 3. The number of benzene rings is 2. The van der Waals surface area contributed by atoms with Gasteiger partial charge in [-0.3, -0.25) is 19.9 Å². The molecule has 1 fully saturated rings. The van der Waals surface area contributed by atoms with Gasteiger partial charge in [0.15, 0.2) is 23.3 Å². The number of carbonyl (C=O) groups excluding carboxylic acids is 2. The molecule has 5 N–H and O–H groups in total. The fourth-order valence-electron chi connectivity index (χ4n) is 5.16. The van der Waals surface area contributed by atoms with Crippen molar-refractivity contribution in [2.24, 2.45) is 11.7 Å². The van der Waals surface area contributed by atoms with E-state index in [0.29, 0.717) is 29.3 Å². The van der Waals surface area contributed by atoms with Gasteiger partial charge in [0.1, 0.15) is 6.04 Å². The van der Waals surface area contributed by atoms with Gasteiger partial charge < -0.3 is 20.5 Å². The number of H-pyrrole nitrogens is 1. The Morgan fingerprint density at radius 2 is 1.77 bits per heavy atom. The maximum absolute atomic E-state index is 13.6. The van der Waals surface area contributed by atoms with E-state index >= 15 is 0 Å². The Labute approximate surface area is 233 Å². The number of guanidine groups is 1. The van der Waals surface area contributed by atoms with Crippen LogP contribution in [-0.2, 0) is 22.6 Å². The highest BCUT2D eigenvalue weighted by molar-refractivity contribution is 6.00. The quantitative estimate of drug-likeness (QED) is 0.209. The van der Waals surface area contributed by atoms with Gasteiger partial charge in [-0.05, 0) is 46.0 Å². The van der Waals surface area contributed by atoms with E-state index in [-0.39, 0.29) is 24.8 Å². The van der Waals surface area contributed by atoms with E-state index in [1.54, 1.807) is 18.2 Å². The van der Waals surface area contributed by atoms with Crippen molar-refractivity contribution in [2.45, 2.75) is 57.5 Å². The normalized spacial score (nSPS) is 14.2. The third-order valence-corrected chi connectivity index (χ3v) is 7.27. The number of amides is 2. The average Bonchev–Trinajstić information content (AvgIpc) is 3.51. The topological polar surface area (TPSA) is 172 Å². The second-order valence-electron chi connectivity index (χ2n) is 9.94. The summed E-state index contributed by atoms with van der Waals surface area (Å²) in [6, 6.07) is 11.8. The molecule has 12 nitrogen and oxygen atoms in total. The van der Waals surface area contributed by atoms with Crippen molar-refractivity contribution in [3.63, 3.8) is 0 Å². The minimum absolute atomic E-state index is 0.0493. The van der Waals surface area contributed by atoms with Crippen LogP contribution < -0.4 is 20.5 Å². The summed E-state index contributed by atoms with van der Waals surface area (Å²) < 4.78 is 10.6. The standard InChI is InChI=1S/C28H36N8O4/c1-39-23-13-10-20(15-24(23)40-2)16-25(37)36(28(29)30)22(14-18-6-4-3-5-7-18)27(38)31-17-19-8-11-21(12-9-19)26-32-34-35-33-26/h8-13,15,18,22H,3-7,14,16-17H2,1-2H3,(H3,29,30)(H,31,38)(H,32,33,34,35)/t22-/m1/s1. The second-order valence-corrected chi connectivity index (χ2v) is 9.94. The van der Waals surface area contributed by atoms with Gasteiger partial charge in [-0.25, -0.2) is 5.10 Å². The molecular formula is C28H36N8O4. The van der Waals surface area contributed by atoms with Crippen LogP contribution in [0.4, 0.5) is 0 Å². The van der Waals surface area contributed by atoms with E-state index in [9.17, 15) is 9.59 Å². The summed E-state index contributed by atoms with van der Waals surface area (Å²) >= 11 is 0. The number of tetrazole rings is 1. The lowest BCUT2D eigenvalue weighted by atomic mass is 9.84. The molecule has 0 aliphatic heterocycles. The molecule has 212 valence electrons. The highest BCUT2D eigenvalue weighted by Gasteiger charge is 2.34. The van der Waals surface area contributed by atoms with Gasteiger partial charge in [0.2, 0.25) is 11.8 Å². The molecule has 0 spiro atoms. The summed E-state index contributed by atoms with van der Waals surface area (Å²) in [4.78, 5) is 28.3. The first kappa shape index (κ1) is 28.5. The molecule has 3 aromatic rings. The molecule has 2 aromatic carbocycles. The van der Waals surface area contributed by atoms with Crippen molar-refractivity contribution in [1.82, 2.24) is 30.8 Å². The smallest absolute Gasteiger partial charge is 0.243 e. The predicted molar refractivity (Wildman–Crippen MR) is 148 cm³/mol. The largest absolute Gasteiger partial charge is 0.493 e. The minimum atomic E-state index is -0.896. The zero-order valence-corrected chi connectivity index (χ0v) is 22.9. The maximum Gasteiger partial charge on any atom is 0.243 e. The summed E-state index contributed by atoms with van der Waals surface area (Å²) in [6.07, 6.45) is 5.71. The Morgan fingerprint density at radius 3 is 2.40 bits per heavy atom. The van der Waals surface area contributed by atoms with Crippen LogP contribution in [0, 0.1) is 11.3 Å². The summed E-state index contributed by atoms with van der Waals surface area (Å²) in [5, 5.41) is 25.0. The summed E-state index contributed by atoms with van der Waals surface area (Å²) in [5.74, 6) is 0.631. The van der Waals surface area contributed by atoms with Crippen molar-refractivity contribution >= 4 is 17.8 Å². The van der Waals surface area contributed by atoms with E-state index in [2.05, 4.69) is 25.9 Å². The van der Waals surface area contributed by atoms with Crippen LogP contribution in [0.15, 0.2) is 42.5 Å². The SMILES string of the molecule is COc1ccc(CC(=O)N(C(=N)N)[C@H](CC2CCCCC2)C(=O)NCc2ccc(-c3nnn[nH]3)cc2)cc1OC. The zero-order valence-electron chi connectivity index (χ0n) is 22.9. The third-order valence-electron chi connectivity index (χ3n) is 7.27. The Balaban J connectivity index is 1.50. The van der Waals surface area contributed by atoms with Crippen LogP contribution in [0.5, 0.6) is 11.5 Å². The van der Waals surface area contributed by atoms with E-state index in [1.807, 2.05) is 24.3 Å². The molecule has 0 bridgehead atoms. The Hall–Kier alpha value is -4.48. The van der Waals surface area contributed by atoms with Gasteiger partial charge in [0.25, 0.3) is 0 Å². The van der Waals surface area contributed by atoms with E-state index in [0.717, 1.165) is 41.7 Å². The summed E-state index contributed by atoms with van der Waals surface area (Å²) in [5.41, 5.74) is 8.30. The van der Waals surface area contributed by atoms with Gasteiger partial charge in [0.05, 0.1) is 20.6 Å². The maximum atomic E-state index is 13.6. The van der Waals surface area contributed by atoms with Crippen LogP contribution >= 0.6 is 0 Å². The number of ether oxygens (including phenoxy) is 2. The number of methoxy groups -OCH3 is 2. The minimum Gasteiger partial charge on any atom is -0.493 e. The Kier molecular flexibility index (Phi) is 9.66. The van der Waals surface area contributed by atoms with E-state index < -0.39 is 17.9 Å².